The molecule has 0 bridgehead atoms. The van der Waals surface area contributed by atoms with Crippen LogP contribution in [0.5, 0.6) is 5.75 Å². The van der Waals surface area contributed by atoms with E-state index in [4.69, 9.17) is 4.74 Å². The Labute approximate surface area is 72.8 Å². The van der Waals surface area contributed by atoms with E-state index in [1.807, 2.05) is 31.2 Å². The summed E-state index contributed by atoms with van der Waals surface area (Å²) < 4.78 is 5.08. The van der Waals surface area contributed by atoms with Crippen molar-refractivity contribution in [3.63, 3.8) is 0 Å². The number of hydrogen-bond donors (Lipinski definition) is 0. The van der Waals surface area contributed by atoms with Gasteiger partial charge in [-0.3, -0.25) is 0 Å². The Morgan fingerprint density at radius 1 is 1.42 bits per heavy atom. The smallest absolute Gasteiger partial charge is 0.228 e. The van der Waals surface area contributed by atoms with Crippen molar-refractivity contribution in [2.45, 2.75) is 26.6 Å². The molecule has 0 aliphatic carbocycles. The summed E-state index contributed by atoms with van der Waals surface area (Å²) in [6, 6.07) is 7.61. The molecule has 1 radical (unpaired) electrons. The maximum Gasteiger partial charge on any atom is 0.228 e. The maximum absolute atomic E-state index is 10.7. The zero-order valence-corrected chi connectivity index (χ0v) is 7.41. The number of rotatable bonds is 3. The molecule has 0 aliphatic rings. The van der Waals surface area contributed by atoms with Crippen LogP contribution in [-0.2, 0) is 11.5 Å². The van der Waals surface area contributed by atoms with Crippen molar-refractivity contribution in [3.05, 3.63) is 29.8 Å². The summed E-state index contributed by atoms with van der Waals surface area (Å²) >= 11 is 0. The van der Waals surface area contributed by atoms with E-state index < -0.39 is 6.29 Å². The van der Waals surface area contributed by atoms with E-state index >= 15 is 0 Å². The van der Waals surface area contributed by atoms with Crippen LogP contribution in [0.15, 0.2) is 24.3 Å². The molecular formula is C10H13O2. The van der Waals surface area contributed by atoms with Crippen LogP contribution in [0.3, 0.4) is 0 Å². The molecule has 1 aromatic rings. The number of hydrogen-bond acceptors (Lipinski definition) is 1. The maximum atomic E-state index is 10.7. The lowest BCUT2D eigenvalue weighted by atomic mass is 10.1. The second-order valence-electron chi connectivity index (χ2n) is 2.65. The highest BCUT2D eigenvalue weighted by Crippen LogP contribution is 2.18. The first kappa shape index (κ1) is 9.07. The minimum atomic E-state index is -0.988. The average molecular weight is 165 g/mol. The molecule has 0 heterocycles. The third-order valence-corrected chi connectivity index (χ3v) is 1.65. The van der Waals surface area contributed by atoms with Crippen LogP contribution < -0.4 is 4.74 Å². The lowest BCUT2D eigenvalue weighted by Crippen LogP contribution is -2.09. The molecule has 12 heavy (non-hydrogen) atoms. The monoisotopic (exact) mass is 165 g/mol. The normalized spacial score (nSPS) is 12.6. The third kappa shape index (κ3) is 2.24. The highest BCUT2D eigenvalue weighted by Gasteiger charge is 2.03. The molecule has 2 nitrogen and oxygen atoms in total. The van der Waals surface area contributed by atoms with Crippen LogP contribution in [0.1, 0.15) is 19.4 Å². The van der Waals surface area contributed by atoms with E-state index in [-0.39, 0.29) is 0 Å². The van der Waals surface area contributed by atoms with Crippen LogP contribution in [0, 0.1) is 0 Å². The van der Waals surface area contributed by atoms with E-state index in [2.05, 4.69) is 0 Å². The third-order valence-electron chi connectivity index (χ3n) is 1.65. The number of aryl methyl sites for hydroxylation is 1. The summed E-state index contributed by atoms with van der Waals surface area (Å²) in [5.41, 5.74) is 1.08. The fraction of sp³-hybridized carbons (Fsp3) is 0.400. The van der Waals surface area contributed by atoms with E-state index in [9.17, 15) is 5.11 Å². The van der Waals surface area contributed by atoms with Crippen LogP contribution in [0.4, 0.5) is 0 Å². The van der Waals surface area contributed by atoms with Gasteiger partial charge in [0.05, 0.1) is 0 Å². The zero-order chi connectivity index (χ0) is 8.97. The summed E-state index contributed by atoms with van der Waals surface area (Å²) in [5.74, 6) is 0.711. The molecule has 0 amide bonds. The van der Waals surface area contributed by atoms with Gasteiger partial charge in [0, 0.05) is 6.92 Å². The molecule has 0 aliphatic heterocycles. The van der Waals surface area contributed by atoms with Crippen molar-refractivity contribution in [1.29, 1.82) is 0 Å². The van der Waals surface area contributed by atoms with Gasteiger partial charge in [0.2, 0.25) is 6.29 Å². The zero-order valence-electron chi connectivity index (χ0n) is 7.41. The second-order valence-corrected chi connectivity index (χ2v) is 2.65. The van der Waals surface area contributed by atoms with Gasteiger partial charge in [-0.15, -0.1) is 0 Å². The van der Waals surface area contributed by atoms with Crippen LogP contribution in [0.25, 0.3) is 0 Å². The van der Waals surface area contributed by atoms with Gasteiger partial charge in [0.15, 0.2) is 0 Å². The van der Waals surface area contributed by atoms with Gasteiger partial charge in [-0.05, 0) is 18.1 Å². The van der Waals surface area contributed by atoms with Crippen molar-refractivity contribution in [2.75, 3.05) is 0 Å². The largest absolute Gasteiger partial charge is 0.462 e. The quantitative estimate of drug-likeness (QED) is 0.632. The topological polar surface area (TPSA) is 29.1 Å². The van der Waals surface area contributed by atoms with E-state index in [0.717, 1.165) is 12.0 Å². The summed E-state index contributed by atoms with van der Waals surface area (Å²) in [6.07, 6.45) is -0.0965. The van der Waals surface area contributed by atoms with Gasteiger partial charge < -0.3 is 4.74 Å². The predicted octanol–water partition coefficient (Wildman–Crippen LogP) is 2.40. The fourth-order valence-electron chi connectivity index (χ4n) is 1.09. The standard InChI is InChI=1S/C10H13O2/c1-3-9-6-4-5-7-10(9)12-8(2)11/h4-8H,3H2,1-2H3. The first-order valence-electron chi connectivity index (χ1n) is 4.14. The highest BCUT2D eigenvalue weighted by atomic mass is 16.6. The SMILES string of the molecule is CCc1ccccc1OC(C)[O]. The molecular weight excluding hydrogens is 152 g/mol. The molecule has 1 unspecified atom stereocenters. The van der Waals surface area contributed by atoms with Crippen molar-refractivity contribution in [1.82, 2.24) is 0 Å². The molecule has 0 fully saturated rings. The van der Waals surface area contributed by atoms with Gasteiger partial charge >= 0.3 is 0 Å². The van der Waals surface area contributed by atoms with Crippen molar-refractivity contribution in [3.8, 4) is 5.75 Å². The van der Waals surface area contributed by atoms with E-state index in [1.54, 1.807) is 0 Å². The Morgan fingerprint density at radius 2 is 2.08 bits per heavy atom. The van der Waals surface area contributed by atoms with Crippen LogP contribution >= 0.6 is 0 Å². The minimum absolute atomic E-state index is 0.711. The van der Waals surface area contributed by atoms with Gasteiger partial charge in [0.25, 0.3) is 0 Å². The van der Waals surface area contributed by atoms with E-state index in [0.29, 0.717) is 5.75 Å². The summed E-state index contributed by atoms with van der Waals surface area (Å²) in [4.78, 5) is 0. The van der Waals surface area contributed by atoms with Crippen LogP contribution in [-0.4, -0.2) is 6.29 Å². The first-order valence-corrected chi connectivity index (χ1v) is 4.14. The molecule has 2 heteroatoms. The molecule has 0 saturated heterocycles. The predicted molar refractivity (Wildman–Crippen MR) is 46.6 cm³/mol. The average Bonchev–Trinajstić information content (AvgIpc) is 2.04. The molecule has 65 valence electrons. The van der Waals surface area contributed by atoms with Gasteiger partial charge in [0.1, 0.15) is 5.75 Å². The van der Waals surface area contributed by atoms with E-state index in [1.165, 1.54) is 6.92 Å². The lowest BCUT2D eigenvalue weighted by Gasteiger charge is -2.10. The Morgan fingerprint density at radius 3 is 2.67 bits per heavy atom. The highest BCUT2D eigenvalue weighted by molar-refractivity contribution is 5.33. The Hall–Kier alpha value is -1.02. The Kier molecular flexibility index (Phi) is 3.11. The molecule has 1 aromatic carbocycles. The molecule has 1 rings (SSSR count). The summed E-state index contributed by atoms with van der Waals surface area (Å²) in [6.45, 7) is 3.53. The van der Waals surface area contributed by atoms with Crippen molar-refractivity contribution in [2.24, 2.45) is 0 Å². The molecule has 1 atom stereocenters. The molecule has 0 N–H and O–H groups in total. The second kappa shape index (κ2) is 4.12. The van der Waals surface area contributed by atoms with Crippen LogP contribution in [0.2, 0.25) is 0 Å². The minimum Gasteiger partial charge on any atom is -0.462 e. The Balaban J connectivity index is 2.82. The molecule has 0 saturated carbocycles. The Bertz CT molecular complexity index is 243. The van der Waals surface area contributed by atoms with Gasteiger partial charge in [-0.25, -0.2) is 0 Å². The van der Waals surface area contributed by atoms with Crippen molar-refractivity contribution >= 4 is 0 Å². The van der Waals surface area contributed by atoms with Crippen molar-refractivity contribution < 1.29 is 9.84 Å². The lowest BCUT2D eigenvalue weighted by molar-refractivity contribution is -0.0557. The summed E-state index contributed by atoms with van der Waals surface area (Å²) in [7, 11) is 0. The number of ether oxygens (including phenoxy) is 1. The number of benzene rings is 1. The van der Waals surface area contributed by atoms with Gasteiger partial charge in [-0.1, -0.05) is 25.1 Å². The first-order chi connectivity index (χ1) is 5.74. The van der Waals surface area contributed by atoms with Gasteiger partial charge in [-0.2, -0.15) is 5.11 Å². The number of para-hydroxylation sites is 1. The molecule has 0 aromatic heterocycles. The fourth-order valence-corrected chi connectivity index (χ4v) is 1.09. The molecule has 0 spiro atoms. The summed E-state index contributed by atoms with van der Waals surface area (Å²) in [5, 5.41) is 10.7.